The summed E-state index contributed by atoms with van der Waals surface area (Å²) in [6, 6.07) is 13.0. The van der Waals surface area contributed by atoms with Crippen molar-refractivity contribution in [2.75, 3.05) is 18.2 Å². The topological polar surface area (TPSA) is 69.0 Å². The Labute approximate surface area is 160 Å². The summed E-state index contributed by atoms with van der Waals surface area (Å²) in [5.41, 5.74) is 2.44. The highest BCUT2D eigenvalue weighted by atomic mass is 35.5. The molecule has 6 nitrogen and oxygen atoms in total. The van der Waals surface area contributed by atoms with Gasteiger partial charge in [0.15, 0.2) is 5.16 Å². The number of nitrogens with one attached hydrogen (secondary N) is 1. The highest BCUT2D eigenvalue weighted by Gasteiger charge is 2.13. The number of anilines is 1. The Morgan fingerprint density at radius 2 is 2.12 bits per heavy atom. The standard InChI is InChI=1S/C18H17ClN4O2S/c1-12-7-8-13(9-14(12)19)21-17(24)10-26-18-22-20-11-23(18)15-5-3-4-6-16(15)25-2/h3-9,11H,10H2,1-2H3,(H,21,24). The molecule has 2 aromatic carbocycles. The van der Waals surface area contributed by atoms with Gasteiger partial charge in [-0.3, -0.25) is 9.36 Å². The van der Waals surface area contributed by atoms with Gasteiger partial charge in [-0.25, -0.2) is 0 Å². The third-order valence-electron chi connectivity index (χ3n) is 3.65. The van der Waals surface area contributed by atoms with Gasteiger partial charge in [0.05, 0.1) is 18.6 Å². The van der Waals surface area contributed by atoms with Crippen LogP contribution in [0.3, 0.4) is 0 Å². The van der Waals surface area contributed by atoms with Crippen molar-refractivity contribution in [3.05, 3.63) is 59.4 Å². The molecule has 0 spiro atoms. The number of benzene rings is 2. The molecule has 0 fully saturated rings. The molecule has 0 unspecified atom stereocenters. The minimum atomic E-state index is -0.149. The molecule has 1 amide bonds. The first-order valence-electron chi connectivity index (χ1n) is 7.80. The molecule has 3 rings (SSSR count). The fourth-order valence-electron chi connectivity index (χ4n) is 2.31. The SMILES string of the molecule is COc1ccccc1-n1cnnc1SCC(=O)Nc1ccc(C)c(Cl)c1. The lowest BCUT2D eigenvalue weighted by atomic mass is 10.2. The number of aryl methyl sites for hydroxylation is 1. The quantitative estimate of drug-likeness (QED) is 0.647. The van der Waals surface area contributed by atoms with E-state index in [9.17, 15) is 4.79 Å². The van der Waals surface area contributed by atoms with Gasteiger partial charge in [-0.15, -0.1) is 10.2 Å². The molecule has 1 heterocycles. The highest BCUT2D eigenvalue weighted by molar-refractivity contribution is 7.99. The molecule has 134 valence electrons. The van der Waals surface area contributed by atoms with Gasteiger partial charge in [0.1, 0.15) is 12.1 Å². The third-order valence-corrected chi connectivity index (χ3v) is 5.00. The van der Waals surface area contributed by atoms with Crippen molar-refractivity contribution < 1.29 is 9.53 Å². The van der Waals surface area contributed by atoms with Crippen molar-refractivity contribution in [1.82, 2.24) is 14.8 Å². The molecule has 1 N–H and O–H groups in total. The summed E-state index contributed by atoms with van der Waals surface area (Å²) in [7, 11) is 1.61. The number of ether oxygens (including phenoxy) is 1. The van der Waals surface area contributed by atoms with Crippen LogP contribution in [0.2, 0.25) is 5.02 Å². The van der Waals surface area contributed by atoms with Crippen LogP contribution in [0.1, 0.15) is 5.56 Å². The van der Waals surface area contributed by atoms with Crippen molar-refractivity contribution in [2.24, 2.45) is 0 Å². The molecular weight excluding hydrogens is 372 g/mol. The smallest absolute Gasteiger partial charge is 0.234 e. The molecule has 26 heavy (non-hydrogen) atoms. The summed E-state index contributed by atoms with van der Waals surface area (Å²) in [5, 5.41) is 12.1. The van der Waals surface area contributed by atoms with Crippen LogP contribution < -0.4 is 10.1 Å². The van der Waals surface area contributed by atoms with Gasteiger partial charge >= 0.3 is 0 Å². The predicted molar refractivity (Wildman–Crippen MR) is 103 cm³/mol. The molecule has 0 saturated heterocycles. The Bertz CT molecular complexity index is 929. The molecule has 3 aromatic rings. The predicted octanol–water partition coefficient (Wildman–Crippen LogP) is 3.97. The summed E-state index contributed by atoms with van der Waals surface area (Å²) in [6.07, 6.45) is 1.60. The van der Waals surface area contributed by atoms with Gasteiger partial charge < -0.3 is 10.1 Å². The maximum atomic E-state index is 12.2. The van der Waals surface area contributed by atoms with Crippen molar-refractivity contribution in [2.45, 2.75) is 12.1 Å². The molecule has 0 aliphatic rings. The van der Waals surface area contributed by atoms with E-state index < -0.39 is 0 Å². The van der Waals surface area contributed by atoms with Crippen LogP contribution in [0, 0.1) is 6.92 Å². The summed E-state index contributed by atoms with van der Waals surface area (Å²) >= 11 is 7.37. The minimum absolute atomic E-state index is 0.149. The maximum Gasteiger partial charge on any atom is 0.234 e. The number of carbonyl (C=O) groups excluding carboxylic acids is 1. The molecule has 0 saturated carbocycles. The van der Waals surface area contributed by atoms with Crippen LogP contribution in [-0.4, -0.2) is 33.5 Å². The van der Waals surface area contributed by atoms with Crippen LogP contribution in [0.5, 0.6) is 5.75 Å². The number of methoxy groups -OCH3 is 1. The number of hydrogen-bond acceptors (Lipinski definition) is 5. The monoisotopic (exact) mass is 388 g/mol. The number of nitrogens with zero attached hydrogens (tertiary/aromatic N) is 3. The zero-order valence-corrected chi connectivity index (χ0v) is 15.8. The number of hydrogen-bond donors (Lipinski definition) is 1. The Balaban J connectivity index is 1.68. The summed E-state index contributed by atoms with van der Waals surface area (Å²) in [5.74, 6) is 0.747. The van der Waals surface area contributed by atoms with Gasteiger partial charge in [0, 0.05) is 10.7 Å². The lowest BCUT2D eigenvalue weighted by molar-refractivity contribution is -0.113. The fourth-order valence-corrected chi connectivity index (χ4v) is 3.22. The van der Waals surface area contributed by atoms with Crippen molar-refractivity contribution >= 4 is 35.0 Å². The first kappa shape index (κ1) is 18.3. The van der Waals surface area contributed by atoms with Gasteiger partial charge in [-0.2, -0.15) is 0 Å². The normalized spacial score (nSPS) is 10.6. The molecular formula is C18H17ClN4O2S. The molecule has 0 aliphatic carbocycles. The zero-order valence-electron chi connectivity index (χ0n) is 14.3. The summed E-state index contributed by atoms with van der Waals surface area (Å²) in [4.78, 5) is 12.2. The van der Waals surface area contributed by atoms with E-state index in [4.69, 9.17) is 16.3 Å². The van der Waals surface area contributed by atoms with E-state index in [0.29, 0.717) is 21.6 Å². The summed E-state index contributed by atoms with van der Waals surface area (Å²) in [6.45, 7) is 1.91. The van der Waals surface area contributed by atoms with Crippen LogP contribution in [0.15, 0.2) is 53.9 Å². The van der Waals surface area contributed by atoms with Crippen molar-refractivity contribution in [3.8, 4) is 11.4 Å². The average Bonchev–Trinajstić information content (AvgIpc) is 3.11. The van der Waals surface area contributed by atoms with Crippen LogP contribution in [-0.2, 0) is 4.79 Å². The van der Waals surface area contributed by atoms with Gasteiger partial charge in [0.2, 0.25) is 5.91 Å². The number of aromatic nitrogens is 3. The number of carbonyl (C=O) groups is 1. The molecule has 0 aliphatic heterocycles. The van der Waals surface area contributed by atoms with Crippen LogP contribution in [0.4, 0.5) is 5.69 Å². The van der Waals surface area contributed by atoms with E-state index in [2.05, 4.69) is 15.5 Å². The fraction of sp³-hybridized carbons (Fsp3) is 0.167. The molecule has 1 aromatic heterocycles. The van der Waals surface area contributed by atoms with Crippen molar-refractivity contribution in [3.63, 3.8) is 0 Å². The first-order valence-corrected chi connectivity index (χ1v) is 9.17. The minimum Gasteiger partial charge on any atom is -0.495 e. The van der Waals surface area contributed by atoms with Gasteiger partial charge in [0.25, 0.3) is 0 Å². The van der Waals surface area contributed by atoms with E-state index in [1.807, 2.05) is 43.3 Å². The van der Waals surface area contributed by atoms with E-state index in [1.165, 1.54) is 11.8 Å². The average molecular weight is 389 g/mol. The first-order chi connectivity index (χ1) is 12.6. The number of halogens is 1. The van der Waals surface area contributed by atoms with Crippen LogP contribution >= 0.6 is 23.4 Å². The molecule has 0 radical (unpaired) electrons. The second kappa shape index (κ2) is 8.25. The highest BCUT2D eigenvalue weighted by Crippen LogP contribution is 2.27. The Morgan fingerprint density at radius 3 is 2.88 bits per heavy atom. The van der Waals surface area contributed by atoms with Gasteiger partial charge in [-0.05, 0) is 36.8 Å². The zero-order chi connectivity index (χ0) is 18.5. The Hall–Kier alpha value is -2.51. The Kier molecular flexibility index (Phi) is 5.80. The van der Waals surface area contributed by atoms with E-state index >= 15 is 0 Å². The molecule has 0 atom stereocenters. The lowest BCUT2D eigenvalue weighted by Gasteiger charge is -2.10. The summed E-state index contributed by atoms with van der Waals surface area (Å²) < 4.78 is 7.16. The second-order valence-corrected chi connectivity index (χ2v) is 6.81. The van der Waals surface area contributed by atoms with E-state index in [0.717, 1.165) is 11.3 Å². The van der Waals surface area contributed by atoms with E-state index in [-0.39, 0.29) is 11.7 Å². The van der Waals surface area contributed by atoms with Gasteiger partial charge in [-0.1, -0.05) is 41.6 Å². The van der Waals surface area contributed by atoms with Crippen molar-refractivity contribution in [1.29, 1.82) is 0 Å². The second-order valence-electron chi connectivity index (χ2n) is 5.46. The number of amides is 1. The molecule has 0 bridgehead atoms. The largest absolute Gasteiger partial charge is 0.495 e. The number of para-hydroxylation sites is 2. The lowest BCUT2D eigenvalue weighted by Crippen LogP contribution is -2.14. The number of rotatable bonds is 6. The van der Waals surface area contributed by atoms with E-state index in [1.54, 1.807) is 24.1 Å². The molecule has 8 heteroatoms. The van der Waals surface area contributed by atoms with Crippen LogP contribution in [0.25, 0.3) is 5.69 Å². The number of thioether (sulfide) groups is 1. The third kappa shape index (κ3) is 4.17. The maximum absolute atomic E-state index is 12.2. The Morgan fingerprint density at radius 1 is 1.31 bits per heavy atom.